The molecule has 18 heavy (non-hydrogen) atoms. The lowest BCUT2D eigenvalue weighted by Crippen LogP contribution is -2.29. The molecule has 0 bridgehead atoms. The Morgan fingerprint density at radius 3 is 2.67 bits per heavy atom. The summed E-state index contributed by atoms with van der Waals surface area (Å²) in [6, 6.07) is 6.97. The molecule has 1 aromatic rings. The molecule has 2 unspecified atom stereocenters. The van der Waals surface area contributed by atoms with Gasteiger partial charge in [0.05, 0.1) is 0 Å². The van der Waals surface area contributed by atoms with Crippen LogP contribution in [0.2, 0.25) is 0 Å². The Kier molecular flexibility index (Phi) is 5.14. The highest BCUT2D eigenvalue weighted by atomic mass is 79.9. The highest BCUT2D eigenvalue weighted by molar-refractivity contribution is 9.11. The summed E-state index contributed by atoms with van der Waals surface area (Å²) in [6.07, 6.45) is 5.36. The van der Waals surface area contributed by atoms with Crippen molar-refractivity contribution in [3.05, 3.63) is 27.1 Å². The molecule has 0 amide bonds. The summed E-state index contributed by atoms with van der Waals surface area (Å²) in [7, 11) is 0. The smallest absolute Gasteiger partial charge is 0.0487 e. The minimum atomic E-state index is 0.628. The van der Waals surface area contributed by atoms with Crippen molar-refractivity contribution in [3.63, 3.8) is 0 Å². The summed E-state index contributed by atoms with van der Waals surface area (Å²) in [5.74, 6) is 1.69. The van der Waals surface area contributed by atoms with Crippen LogP contribution >= 0.6 is 31.9 Å². The largest absolute Gasteiger partial charge is 0.381 e. The molecule has 0 aromatic heterocycles. The minimum absolute atomic E-state index is 0.628. The topological polar surface area (TPSA) is 12.0 Å². The Hall–Kier alpha value is -0.0200. The number of anilines is 1. The van der Waals surface area contributed by atoms with Gasteiger partial charge in [-0.25, -0.2) is 0 Å². The number of rotatable bonds is 3. The van der Waals surface area contributed by atoms with E-state index in [1.54, 1.807) is 0 Å². The second-order valence-corrected chi connectivity index (χ2v) is 7.41. The second kappa shape index (κ2) is 6.42. The molecular formula is C15H21Br2N. The number of halogens is 2. The van der Waals surface area contributed by atoms with Gasteiger partial charge in [0.15, 0.2) is 0 Å². The van der Waals surface area contributed by atoms with E-state index < -0.39 is 0 Å². The maximum Gasteiger partial charge on any atom is 0.0487 e. The fourth-order valence-electron chi connectivity index (χ4n) is 2.79. The third-order valence-electron chi connectivity index (χ3n) is 3.95. The Morgan fingerprint density at radius 2 is 2.00 bits per heavy atom. The van der Waals surface area contributed by atoms with Crippen molar-refractivity contribution in [1.82, 2.24) is 0 Å². The molecule has 2 atom stereocenters. The fourth-order valence-corrected chi connectivity index (χ4v) is 3.95. The van der Waals surface area contributed by atoms with E-state index in [9.17, 15) is 0 Å². The first-order valence-electron chi connectivity index (χ1n) is 6.78. The highest BCUT2D eigenvalue weighted by Crippen LogP contribution is 2.33. The molecule has 0 spiro atoms. The normalized spacial score (nSPS) is 24.3. The second-order valence-electron chi connectivity index (χ2n) is 5.64. The van der Waals surface area contributed by atoms with Crippen LogP contribution in [0.3, 0.4) is 0 Å². The van der Waals surface area contributed by atoms with Gasteiger partial charge < -0.3 is 5.32 Å². The van der Waals surface area contributed by atoms with E-state index in [-0.39, 0.29) is 0 Å². The van der Waals surface area contributed by atoms with E-state index in [0.717, 1.165) is 20.8 Å². The summed E-state index contributed by atoms with van der Waals surface area (Å²) in [5.41, 5.74) is 1.22. The van der Waals surface area contributed by atoms with Crippen molar-refractivity contribution in [3.8, 4) is 0 Å². The van der Waals surface area contributed by atoms with Gasteiger partial charge >= 0.3 is 0 Å². The van der Waals surface area contributed by atoms with Gasteiger partial charge in [0, 0.05) is 20.7 Å². The van der Waals surface area contributed by atoms with E-state index in [1.165, 1.54) is 31.4 Å². The van der Waals surface area contributed by atoms with Crippen LogP contribution in [0.1, 0.15) is 39.5 Å². The van der Waals surface area contributed by atoms with Crippen LogP contribution in [0, 0.1) is 11.8 Å². The Morgan fingerprint density at radius 1 is 1.22 bits per heavy atom. The molecule has 2 rings (SSSR count). The van der Waals surface area contributed by atoms with Crippen LogP contribution < -0.4 is 5.32 Å². The fraction of sp³-hybridized carbons (Fsp3) is 0.600. The predicted octanol–water partition coefficient (Wildman–Crippen LogP) is 5.84. The molecule has 3 heteroatoms. The third-order valence-corrected chi connectivity index (χ3v) is 5.10. The summed E-state index contributed by atoms with van der Waals surface area (Å²) in [6.45, 7) is 4.70. The van der Waals surface area contributed by atoms with Crippen molar-refractivity contribution in [2.75, 3.05) is 5.32 Å². The zero-order valence-electron chi connectivity index (χ0n) is 11.0. The van der Waals surface area contributed by atoms with E-state index >= 15 is 0 Å². The highest BCUT2D eigenvalue weighted by Gasteiger charge is 2.24. The lowest BCUT2D eigenvalue weighted by Gasteiger charge is -2.33. The van der Waals surface area contributed by atoms with Crippen molar-refractivity contribution in [2.45, 2.75) is 45.6 Å². The van der Waals surface area contributed by atoms with Gasteiger partial charge in [0.1, 0.15) is 0 Å². The van der Waals surface area contributed by atoms with Gasteiger partial charge in [0.2, 0.25) is 0 Å². The molecule has 1 saturated carbocycles. The first-order chi connectivity index (χ1) is 8.56. The molecule has 1 aromatic carbocycles. The molecule has 1 N–H and O–H groups in total. The van der Waals surface area contributed by atoms with E-state index in [4.69, 9.17) is 0 Å². The average molecular weight is 375 g/mol. The average Bonchev–Trinajstić information content (AvgIpc) is 2.33. The molecule has 0 heterocycles. The minimum Gasteiger partial charge on any atom is -0.381 e. The van der Waals surface area contributed by atoms with E-state index in [1.807, 2.05) is 0 Å². The standard InChI is InChI=1S/C15H21Br2N/c1-10(2)11-4-3-5-13(8-11)18-15-7-6-12(16)9-14(15)17/h6-7,9-11,13,18H,3-5,8H2,1-2H3. The lowest BCUT2D eigenvalue weighted by atomic mass is 9.79. The van der Waals surface area contributed by atoms with Gasteiger partial charge in [0.25, 0.3) is 0 Å². The van der Waals surface area contributed by atoms with E-state index in [2.05, 4.69) is 69.2 Å². The summed E-state index contributed by atoms with van der Waals surface area (Å²) >= 11 is 7.12. The zero-order valence-corrected chi connectivity index (χ0v) is 14.2. The molecule has 1 aliphatic rings. The van der Waals surface area contributed by atoms with Crippen LogP contribution in [-0.4, -0.2) is 6.04 Å². The van der Waals surface area contributed by atoms with Crippen LogP contribution in [0.4, 0.5) is 5.69 Å². The van der Waals surface area contributed by atoms with Gasteiger partial charge in [-0.15, -0.1) is 0 Å². The summed E-state index contributed by atoms with van der Waals surface area (Å²) in [4.78, 5) is 0. The zero-order chi connectivity index (χ0) is 13.1. The molecule has 100 valence electrons. The van der Waals surface area contributed by atoms with Crippen molar-refractivity contribution in [1.29, 1.82) is 0 Å². The van der Waals surface area contributed by atoms with Crippen LogP contribution in [0.25, 0.3) is 0 Å². The van der Waals surface area contributed by atoms with Crippen molar-refractivity contribution >= 4 is 37.5 Å². The van der Waals surface area contributed by atoms with Gasteiger partial charge in [-0.05, 0) is 58.8 Å². The quantitative estimate of drug-likeness (QED) is 0.700. The number of benzene rings is 1. The number of hydrogen-bond donors (Lipinski definition) is 1. The summed E-state index contributed by atoms with van der Waals surface area (Å²) < 4.78 is 2.26. The molecule has 1 aliphatic carbocycles. The number of hydrogen-bond acceptors (Lipinski definition) is 1. The maximum absolute atomic E-state index is 3.69. The third kappa shape index (κ3) is 3.74. The molecule has 0 aliphatic heterocycles. The van der Waals surface area contributed by atoms with Crippen LogP contribution in [0.15, 0.2) is 27.1 Å². The molecule has 0 saturated heterocycles. The maximum atomic E-state index is 3.69. The summed E-state index contributed by atoms with van der Waals surface area (Å²) in [5, 5.41) is 3.69. The van der Waals surface area contributed by atoms with Crippen LogP contribution in [0.5, 0.6) is 0 Å². The Bertz CT molecular complexity index is 403. The number of nitrogens with one attached hydrogen (secondary N) is 1. The monoisotopic (exact) mass is 373 g/mol. The van der Waals surface area contributed by atoms with Crippen LogP contribution in [-0.2, 0) is 0 Å². The SMILES string of the molecule is CC(C)C1CCCC(Nc2ccc(Br)cc2Br)C1. The lowest BCUT2D eigenvalue weighted by molar-refractivity contribution is 0.264. The van der Waals surface area contributed by atoms with Crippen molar-refractivity contribution in [2.24, 2.45) is 11.8 Å². The Labute approximate surface area is 127 Å². The molecule has 1 fully saturated rings. The predicted molar refractivity (Wildman–Crippen MR) is 86.0 cm³/mol. The first kappa shape index (κ1) is 14.4. The van der Waals surface area contributed by atoms with Gasteiger partial charge in [-0.1, -0.05) is 42.6 Å². The molecule has 0 radical (unpaired) electrons. The van der Waals surface area contributed by atoms with Gasteiger partial charge in [-0.2, -0.15) is 0 Å². The van der Waals surface area contributed by atoms with E-state index in [0.29, 0.717) is 6.04 Å². The molecular weight excluding hydrogens is 354 g/mol. The Balaban J connectivity index is 2.00. The first-order valence-corrected chi connectivity index (χ1v) is 8.36. The molecule has 1 nitrogen and oxygen atoms in total. The van der Waals surface area contributed by atoms with Gasteiger partial charge in [-0.3, -0.25) is 0 Å². The van der Waals surface area contributed by atoms with Crippen molar-refractivity contribution < 1.29 is 0 Å².